The molecule has 6 heteroatoms. The minimum atomic E-state index is -0.879. The fourth-order valence-corrected chi connectivity index (χ4v) is 3.60. The van der Waals surface area contributed by atoms with Crippen LogP contribution < -0.4 is 0 Å². The second-order valence-corrected chi connectivity index (χ2v) is 6.72. The number of aliphatic carboxylic acids is 1. The molecule has 1 unspecified atom stereocenters. The lowest BCUT2D eigenvalue weighted by Gasteiger charge is -2.19. The summed E-state index contributed by atoms with van der Waals surface area (Å²) in [6, 6.07) is 6.08. The van der Waals surface area contributed by atoms with Crippen molar-refractivity contribution in [3.63, 3.8) is 0 Å². The van der Waals surface area contributed by atoms with Gasteiger partial charge < -0.3 is 10.0 Å². The van der Waals surface area contributed by atoms with E-state index in [1.165, 1.54) is 23.5 Å². The van der Waals surface area contributed by atoms with Crippen LogP contribution in [0.2, 0.25) is 0 Å². The van der Waals surface area contributed by atoms with Crippen LogP contribution in [0.15, 0.2) is 24.3 Å². The van der Waals surface area contributed by atoms with Crippen LogP contribution in [-0.2, 0) is 4.79 Å². The van der Waals surface area contributed by atoms with Gasteiger partial charge in [0.1, 0.15) is 5.82 Å². The molecule has 1 saturated heterocycles. The third-order valence-corrected chi connectivity index (χ3v) is 5.07. The number of rotatable bonds is 2. The van der Waals surface area contributed by atoms with Crippen molar-refractivity contribution < 1.29 is 19.1 Å². The second kappa shape index (κ2) is 4.80. The summed E-state index contributed by atoms with van der Waals surface area (Å²) >= 11 is 1.30. The molecule has 2 heterocycles. The van der Waals surface area contributed by atoms with Gasteiger partial charge in [0.15, 0.2) is 0 Å². The zero-order valence-electron chi connectivity index (χ0n) is 11.4. The molecule has 110 valence electrons. The SMILES string of the molecule is CC1(C(=O)O)CCN(C(=O)c2cc3cc(F)ccc3s2)C1. The Bertz CT molecular complexity index is 742. The number of likely N-dealkylation sites (tertiary alicyclic amines) is 1. The summed E-state index contributed by atoms with van der Waals surface area (Å²) in [6.45, 7) is 2.30. The van der Waals surface area contributed by atoms with E-state index in [1.807, 2.05) is 0 Å². The van der Waals surface area contributed by atoms with Gasteiger partial charge >= 0.3 is 5.97 Å². The van der Waals surface area contributed by atoms with E-state index in [4.69, 9.17) is 0 Å². The minimum absolute atomic E-state index is 0.179. The summed E-state index contributed by atoms with van der Waals surface area (Å²) in [5.74, 6) is -1.39. The normalized spacial score (nSPS) is 21.9. The molecule has 1 fully saturated rings. The number of amides is 1. The highest BCUT2D eigenvalue weighted by Crippen LogP contribution is 2.33. The van der Waals surface area contributed by atoms with Crippen LogP contribution in [0.5, 0.6) is 0 Å². The quantitative estimate of drug-likeness (QED) is 0.928. The Labute approximate surface area is 124 Å². The van der Waals surface area contributed by atoms with Gasteiger partial charge in [-0.15, -0.1) is 11.3 Å². The van der Waals surface area contributed by atoms with Gasteiger partial charge in [-0.05, 0) is 43.0 Å². The average molecular weight is 307 g/mol. The van der Waals surface area contributed by atoms with Gasteiger partial charge in [0.2, 0.25) is 0 Å². The van der Waals surface area contributed by atoms with Crippen molar-refractivity contribution >= 4 is 33.3 Å². The Morgan fingerprint density at radius 2 is 2.14 bits per heavy atom. The summed E-state index contributed by atoms with van der Waals surface area (Å²) < 4.78 is 14.0. The molecule has 1 aromatic heterocycles. The number of hydrogen-bond acceptors (Lipinski definition) is 3. The van der Waals surface area contributed by atoms with Crippen LogP contribution in [0.1, 0.15) is 23.0 Å². The molecule has 0 saturated carbocycles. The van der Waals surface area contributed by atoms with E-state index in [1.54, 1.807) is 24.0 Å². The fraction of sp³-hybridized carbons (Fsp3) is 0.333. The van der Waals surface area contributed by atoms with E-state index in [0.717, 1.165) is 4.70 Å². The standard InChI is InChI=1S/C15H14FNO3S/c1-15(14(19)20)4-5-17(8-15)13(18)12-7-9-6-10(16)2-3-11(9)21-12/h2-3,6-7H,4-5,8H2,1H3,(H,19,20). The molecule has 3 rings (SSSR count). The number of carbonyl (C=O) groups is 2. The molecule has 2 aromatic rings. The first-order chi connectivity index (χ1) is 9.89. The van der Waals surface area contributed by atoms with Crippen LogP contribution in [0.3, 0.4) is 0 Å². The molecule has 1 amide bonds. The van der Waals surface area contributed by atoms with Gasteiger partial charge in [-0.25, -0.2) is 4.39 Å². The third-order valence-electron chi connectivity index (χ3n) is 3.97. The van der Waals surface area contributed by atoms with E-state index in [-0.39, 0.29) is 18.3 Å². The number of carboxylic acids is 1. The molecular formula is C15H14FNO3S. The molecule has 1 aliphatic rings. The first-order valence-electron chi connectivity index (χ1n) is 6.61. The van der Waals surface area contributed by atoms with Gasteiger partial charge in [-0.2, -0.15) is 0 Å². The van der Waals surface area contributed by atoms with Gasteiger partial charge in [-0.3, -0.25) is 9.59 Å². The topological polar surface area (TPSA) is 57.6 Å². The number of hydrogen-bond donors (Lipinski definition) is 1. The summed E-state index contributed by atoms with van der Waals surface area (Å²) in [7, 11) is 0. The number of thiophene rings is 1. The van der Waals surface area contributed by atoms with E-state index in [2.05, 4.69) is 0 Å². The van der Waals surface area contributed by atoms with Gasteiger partial charge in [0.25, 0.3) is 5.91 Å². The van der Waals surface area contributed by atoms with E-state index in [9.17, 15) is 19.1 Å². The van der Waals surface area contributed by atoms with Gasteiger partial charge in [-0.1, -0.05) is 0 Å². The Morgan fingerprint density at radius 1 is 1.38 bits per heavy atom. The smallest absolute Gasteiger partial charge is 0.311 e. The molecule has 1 N–H and O–H groups in total. The molecule has 1 aromatic carbocycles. The van der Waals surface area contributed by atoms with Gasteiger partial charge in [0, 0.05) is 17.8 Å². The Hall–Kier alpha value is -1.95. The van der Waals surface area contributed by atoms with Crippen molar-refractivity contribution in [3.8, 4) is 0 Å². The maximum atomic E-state index is 13.2. The van der Waals surface area contributed by atoms with Crippen molar-refractivity contribution in [3.05, 3.63) is 35.0 Å². The van der Waals surface area contributed by atoms with Crippen molar-refractivity contribution in [2.75, 3.05) is 13.1 Å². The zero-order chi connectivity index (χ0) is 15.2. The number of halogens is 1. The predicted octanol–water partition coefficient (Wildman–Crippen LogP) is 2.98. The first-order valence-corrected chi connectivity index (χ1v) is 7.42. The highest BCUT2D eigenvalue weighted by molar-refractivity contribution is 7.20. The number of fused-ring (bicyclic) bond motifs is 1. The first kappa shape index (κ1) is 14.0. The van der Waals surface area contributed by atoms with Gasteiger partial charge in [0.05, 0.1) is 10.3 Å². The molecule has 21 heavy (non-hydrogen) atoms. The van der Waals surface area contributed by atoms with E-state index < -0.39 is 11.4 Å². The molecule has 1 atom stereocenters. The van der Waals surface area contributed by atoms with Crippen LogP contribution in [0.25, 0.3) is 10.1 Å². The van der Waals surface area contributed by atoms with Crippen LogP contribution in [0, 0.1) is 11.2 Å². The zero-order valence-corrected chi connectivity index (χ0v) is 12.2. The molecular weight excluding hydrogens is 293 g/mol. The Balaban J connectivity index is 1.86. The Morgan fingerprint density at radius 3 is 2.81 bits per heavy atom. The number of carbonyl (C=O) groups excluding carboxylic acids is 1. The van der Waals surface area contributed by atoms with Crippen molar-refractivity contribution in [1.29, 1.82) is 0 Å². The van der Waals surface area contributed by atoms with Crippen molar-refractivity contribution in [2.45, 2.75) is 13.3 Å². The minimum Gasteiger partial charge on any atom is -0.481 e. The molecule has 0 bridgehead atoms. The third kappa shape index (κ3) is 2.40. The molecule has 0 aliphatic carbocycles. The molecule has 4 nitrogen and oxygen atoms in total. The highest BCUT2D eigenvalue weighted by Gasteiger charge is 2.42. The molecule has 1 aliphatic heterocycles. The number of nitrogens with zero attached hydrogens (tertiary/aromatic N) is 1. The lowest BCUT2D eigenvalue weighted by atomic mass is 9.90. The largest absolute Gasteiger partial charge is 0.481 e. The lowest BCUT2D eigenvalue weighted by Crippen LogP contribution is -2.34. The van der Waals surface area contributed by atoms with Crippen LogP contribution in [-0.4, -0.2) is 35.0 Å². The van der Waals surface area contributed by atoms with E-state index in [0.29, 0.717) is 23.2 Å². The Kier molecular flexibility index (Phi) is 3.20. The fourth-order valence-electron chi connectivity index (χ4n) is 2.58. The van der Waals surface area contributed by atoms with Crippen molar-refractivity contribution in [1.82, 2.24) is 4.90 Å². The summed E-state index contributed by atoms with van der Waals surface area (Å²) in [5, 5.41) is 9.91. The van der Waals surface area contributed by atoms with E-state index >= 15 is 0 Å². The summed E-state index contributed by atoms with van der Waals surface area (Å²) in [4.78, 5) is 25.8. The maximum absolute atomic E-state index is 13.2. The average Bonchev–Trinajstić information content (AvgIpc) is 3.02. The lowest BCUT2D eigenvalue weighted by molar-refractivity contribution is -0.147. The molecule has 0 spiro atoms. The van der Waals surface area contributed by atoms with Crippen molar-refractivity contribution in [2.24, 2.45) is 5.41 Å². The van der Waals surface area contributed by atoms with Crippen LogP contribution >= 0.6 is 11.3 Å². The second-order valence-electron chi connectivity index (χ2n) is 5.64. The molecule has 0 radical (unpaired) electrons. The number of carboxylic acid groups (broad SMARTS) is 1. The predicted molar refractivity (Wildman–Crippen MR) is 78.0 cm³/mol. The number of benzene rings is 1. The monoisotopic (exact) mass is 307 g/mol. The maximum Gasteiger partial charge on any atom is 0.311 e. The highest BCUT2D eigenvalue weighted by atomic mass is 32.1. The van der Waals surface area contributed by atoms with Crippen LogP contribution in [0.4, 0.5) is 4.39 Å². The summed E-state index contributed by atoms with van der Waals surface area (Å²) in [6.07, 6.45) is 0.452. The summed E-state index contributed by atoms with van der Waals surface area (Å²) in [5.41, 5.74) is -0.877.